The van der Waals surface area contributed by atoms with Crippen molar-refractivity contribution < 1.29 is 14.4 Å². The van der Waals surface area contributed by atoms with Crippen LogP contribution in [0.3, 0.4) is 0 Å². The zero-order valence-electron chi connectivity index (χ0n) is 27.7. The molecular weight excluding hydrogens is 536 g/mol. The number of hydrogen-bond donors (Lipinski definition) is 1. The van der Waals surface area contributed by atoms with Gasteiger partial charge in [0.05, 0.1) is 11.9 Å². The summed E-state index contributed by atoms with van der Waals surface area (Å²) in [4.78, 5) is 38.9. The molecule has 0 aromatic carbocycles. The number of nitrogens with one attached hydrogen (secondary N) is 1. The predicted molar refractivity (Wildman–Crippen MR) is 168 cm³/mol. The summed E-state index contributed by atoms with van der Waals surface area (Å²) in [6.45, 7) is 16.9. The van der Waals surface area contributed by atoms with Crippen LogP contribution in [0, 0.1) is 40.4 Å². The second kappa shape index (κ2) is 10.9. The maximum Gasteiger partial charge on any atom is 0.244 e. The minimum absolute atomic E-state index is 0.000706. The van der Waals surface area contributed by atoms with Gasteiger partial charge in [-0.15, -0.1) is 0 Å². The average Bonchev–Trinajstić information content (AvgIpc) is 3.53. The Bertz CT molecular complexity index is 1320. The van der Waals surface area contributed by atoms with Crippen molar-refractivity contribution in [3.8, 4) is 0 Å². The smallest absolute Gasteiger partial charge is 0.244 e. The van der Waals surface area contributed by atoms with E-state index in [0.717, 1.165) is 56.8 Å². The largest absolute Gasteiger partial charge is 0.353 e. The summed E-state index contributed by atoms with van der Waals surface area (Å²) in [6, 6.07) is 0.199. The minimum atomic E-state index is -0.200. The van der Waals surface area contributed by atoms with E-state index in [4.69, 9.17) is 0 Å². The first-order valence-corrected chi connectivity index (χ1v) is 17.1. The highest BCUT2D eigenvalue weighted by molar-refractivity contribution is 5.77. The van der Waals surface area contributed by atoms with Gasteiger partial charge in [0.1, 0.15) is 0 Å². The van der Waals surface area contributed by atoms with Gasteiger partial charge < -0.3 is 10.2 Å². The zero-order chi connectivity index (χ0) is 30.9. The molecule has 7 atom stereocenters. The normalized spacial score (nSPS) is 35.6. The standard InChI is InChI=1S/C36H54N4O3/c1-22(8-13-32(43)38-26-15-18-39(19-16-26)23(2)41)28-10-11-29-27-9-12-31-34(4,5)33-25(21-37-40(33)24(3)42)20-36(31,7)30(27)14-17-35(28,29)6/h12,21-22,26-30H,8-11,13-20H2,1-7H3,(H,38,43)/t22-,27+,28-,29+,30+,35-,36-/m1/s1. The molecule has 1 N–H and O–H groups in total. The first-order valence-electron chi connectivity index (χ1n) is 17.1. The first kappa shape index (κ1) is 30.6. The van der Waals surface area contributed by atoms with Crippen molar-refractivity contribution in [3.63, 3.8) is 0 Å². The molecule has 2 saturated carbocycles. The van der Waals surface area contributed by atoms with Crippen molar-refractivity contribution in [3.05, 3.63) is 29.1 Å². The third-order valence-electron chi connectivity index (χ3n) is 13.3. The van der Waals surface area contributed by atoms with Crippen LogP contribution in [0.1, 0.15) is 122 Å². The van der Waals surface area contributed by atoms with Crippen molar-refractivity contribution in [1.29, 1.82) is 0 Å². The summed E-state index contributed by atoms with van der Waals surface area (Å²) in [7, 11) is 0. The minimum Gasteiger partial charge on any atom is -0.353 e. The zero-order valence-corrected chi connectivity index (χ0v) is 27.7. The van der Waals surface area contributed by atoms with Gasteiger partial charge in [0.15, 0.2) is 0 Å². The molecule has 7 heteroatoms. The SMILES string of the molecule is CC(=O)N1CCC(NC(=O)CC[C@@H](C)[C@H]2CC[C@H]3[C@@H]4CC=C5C(C)(C)c6c(cnn6C(C)=O)C[C@]5(C)[C@H]4CC[C@]23C)CC1. The number of amides is 2. The molecule has 7 nitrogen and oxygen atoms in total. The van der Waals surface area contributed by atoms with Gasteiger partial charge in [-0.1, -0.05) is 46.3 Å². The van der Waals surface area contributed by atoms with Crippen molar-refractivity contribution in [2.75, 3.05) is 13.1 Å². The molecule has 4 aliphatic carbocycles. The third kappa shape index (κ3) is 4.91. The van der Waals surface area contributed by atoms with Crippen LogP contribution in [0.25, 0.3) is 0 Å². The number of likely N-dealkylation sites (tertiary alicyclic amines) is 1. The van der Waals surface area contributed by atoms with Gasteiger partial charge in [-0.05, 0) is 104 Å². The van der Waals surface area contributed by atoms with Crippen LogP contribution in [0.5, 0.6) is 0 Å². The summed E-state index contributed by atoms with van der Waals surface area (Å²) < 4.78 is 1.65. The van der Waals surface area contributed by atoms with Crippen LogP contribution in [0.4, 0.5) is 0 Å². The Kier molecular flexibility index (Phi) is 7.73. The van der Waals surface area contributed by atoms with E-state index < -0.39 is 0 Å². The molecule has 5 aliphatic rings. The van der Waals surface area contributed by atoms with Gasteiger partial charge in [-0.3, -0.25) is 14.4 Å². The fourth-order valence-corrected chi connectivity index (χ4v) is 11.4. The number of carbonyl (C=O) groups is 3. The number of carbonyl (C=O) groups excluding carboxylic acids is 3. The van der Waals surface area contributed by atoms with Crippen LogP contribution < -0.4 is 5.32 Å². The van der Waals surface area contributed by atoms with Crippen molar-refractivity contribution in [2.45, 2.75) is 124 Å². The molecule has 0 radical (unpaired) electrons. The molecule has 0 spiro atoms. The Morgan fingerprint density at radius 2 is 1.72 bits per heavy atom. The van der Waals surface area contributed by atoms with Gasteiger partial charge in [0.25, 0.3) is 0 Å². The van der Waals surface area contributed by atoms with Crippen molar-refractivity contribution in [1.82, 2.24) is 20.0 Å². The molecular formula is C36H54N4O3. The topological polar surface area (TPSA) is 84.3 Å². The Hall–Kier alpha value is -2.44. The van der Waals surface area contributed by atoms with E-state index in [-0.39, 0.29) is 34.6 Å². The Labute approximate surface area is 258 Å². The number of aromatic nitrogens is 2. The average molecular weight is 591 g/mol. The van der Waals surface area contributed by atoms with Gasteiger partial charge in [-0.25, -0.2) is 4.68 Å². The molecule has 6 rings (SSSR count). The molecule has 1 aromatic heterocycles. The molecule has 0 unspecified atom stereocenters. The molecule has 3 fully saturated rings. The highest BCUT2D eigenvalue weighted by atomic mass is 16.2. The van der Waals surface area contributed by atoms with E-state index in [1.807, 2.05) is 11.1 Å². The van der Waals surface area contributed by atoms with Crippen molar-refractivity contribution in [2.24, 2.45) is 40.4 Å². The lowest BCUT2D eigenvalue weighted by atomic mass is 9.44. The molecule has 1 saturated heterocycles. The Morgan fingerprint density at radius 3 is 2.40 bits per heavy atom. The quantitative estimate of drug-likeness (QED) is 0.407. The summed E-state index contributed by atoms with van der Waals surface area (Å²) in [5.74, 6) is 3.62. The second-order valence-electron chi connectivity index (χ2n) is 16.0. The fourth-order valence-electron chi connectivity index (χ4n) is 11.4. The van der Waals surface area contributed by atoms with Crippen LogP contribution in [-0.4, -0.2) is 51.5 Å². The van der Waals surface area contributed by atoms with Crippen molar-refractivity contribution >= 4 is 17.7 Å². The summed E-state index contributed by atoms with van der Waals surface area (Å²) >= 11 is 0. The number of rotatable bonds is 5. The van der Waals surface area contributed by atoms with E-state index in [0.29, 0.717) is 35.5 Å². The third-order valence-corrected chi connectivity index (χ3v) is 13.3. The lowest BCUT2D eigenvalue weighted by molar-refractivity contribution is -0.130. The summed E-state index contributed by atoms with van der Waals surface area (Å²) in [5.41, 5.74) is 4.13. The lowest BCUT2D eigenvalue weighted by Crippen LogP contribution is -2.54. The Balaban J connectivity index is 1.12. The van der Waals surface area contributed by atoms with Gasteiger partial charge >= 0.3 is 0 Å². The summed E-state index contributed by atoms with van der Waals surface area (Å²) in [6.07, 6.45) is 15.1. The maximum absolute atomic E-state index is 12.9. The summed E-state index contributed by atoms with van der Waals surface area (Å²) in [5, 5.41) is 7.82. The van der Waals surface area contributed by atoms with E-state index in [1.165, 1.54) is 36.8 Å². The van der Waals surface area contributed by atoms with Gasteiger partial charge in [-0.2, -0.15) is 5.10 Å². The molecule has 236 valence electrons. The van der Waals surface area contributed by atoms with E-state index in [1.54, 1.807) is 18.5 Å². The number of nitrogens with zero attached hydrogens (tertiary/aromatic N) is 3. The highest BCUT2D eigenvalue weighted by Gasteiger charge is 2.61. The van der Waals surface area contributed by atoms with Crippen LogP contribution in [0.2, 0.25) is 0 Å². The fraction of sp³-hybridized carbons (Fsp3) is 0.778. The monoisotopic (exact) mass is 590 g/mol. The molecule has 43 heavy (non-hydrogen) atoms. The van der Waals surface area contributed by atoms with E-state index >= 15 is 0 Å². The number of fused-ring (bicyclic) bond motifs is 6. The highest BCUT2D eigenvalue weighted by Crippen LogP contribution is 2.68. The number of piperidine rings is 1. The molecule has 0 bridgehead atoms. The second-order valence-corrected chi connectivity index (χ2v) is 16.0. The molecule has 2 amide bonds. The number of hydrogen-bond acceptors (Lipinski definition) is 4. The Morgan fingerprint density at radius 1 is 1.00 bits per heavy atom. The van der Waals surface area contributed by atoms with Crippen LogP contribution in [-0.2, 0) is 21.4 Å². The first-order chi connectivity index (χ1) is 20.3. The maximum atomic E-state index is 12.9. The van der Waals surface area contributed by atoms with E-state index in [2.05, 4.69) is 51.1 Å². The molecule has 1 aliphatic heterocycles. The lowest BCUT2D eigenvalue weighted by Gasteiger charge is -2.60. The van der Waals surface area contributed by atoms with E-state index in [9.17, 15) is 14.4 Å². The van der Waals surface area contributed by atoms with Gasteiger partial charge in [0.2, 0.25) is 17.7 Å². The van der Waals surface area contributed by atoms with Crippen LogP contribution >= 0.6 is 0 Å². The van der Waals surface area contributed by atoms with Gasteiger partial charge in [0, 0.05) is 44.8 Å². The molecule has 2 heterocycles. The molecule has 1 aromatic rings. The number of allylic oxidation sites excluding steroid dienone is 2. The van der Waals surface area contributed by atoms with Crippen LogP contribution in [0.15, 0.2) is 17.8 Å². The predicted octanol–water partition coefficient (Wildman–Crippen LogP) is 6.32.